The highest BCUT2D eigenvalue weighted by molar-refractivity contribution is 5.99. The Balaban J connectivity index is 1.64. The van der Waals surface area contributed by atoms with E-state index in [4.69, 9.17) is 4.74 Å². The highest BCUT2D eigenvalue weighted by Gasteiger charge is 2.27. The number of carbonyl (C=O) groups is 1. The second-order valence-corrected chi connectivity index (χ2v) is 6.92. The summed E-state index contributed by atoms with van der Waals surface area (Å²) in [5.74, 6) is 0.844. The van der Waals surface area contributed by atoms with Crippen LogP contribution in [0.25, 0.3) is 10.8 Å². The summed E-state index contributed by atoms with van der Waals surface area (Å²) in [7, 11) is 1.67. The first-order chi connectivity index (χ1) is 12.7. The van der Waals surface area contributed by atoms with Crippen molar-refractivity contribution in [3.05, 3.63) is 71.8 Å². The number of nitrogens with zero attached hydrogens (tertiary/aromatic N) is 1. The van der Waals surface area contributed by atoms with Gasteiger partial charge in [0.1, 0.15) is 5.75 Å². The molecule has 0 saturated carbocycles. The van der Waals surface area contributed by atoms with Gasteiger partial charge in [0.25, 0.3) is 0 Å². The lowest BCUT2D eigenvalue weighted by Crippen LogP contribution is -2.38. The predicted octanol–water partition coefficient (Wildman–Crippen LogP) is 4.93. The van der Waals surface area contributed by atoms with Crippen molar-refractivity contribution in [3.8, 4) is 5.75 Å². The average Bonchev–Trinajstić information content (AvgIpc) is 2.71. The summed E-state index contributed by atoms with van der Waals surface area (Å²) in [4.78, 5) is 15.2. The second kappa shape index (κ2) is 6.83. The molecule has 0 saturated heterocycles. The first-order valence-electron chi connectivity index (χ1n) is 9.14. The number of amides is 1. The van der Waals surface area contributed by atoms with Crippen LogP contribution in [0.1, 0.15) is 30.4 Å². The van der Waals surface area contributed by atoms with Crippen molar-refractivity contribution in [1.82, 2.24) is 0 Å². The van der Waals surface area contributed by atoms with Gasteiger partial charge < -0.3 is 9.64 Å². The van der Waals surface area contributed by atoms with Gasteiger partial charge in [0, 0.05) is 12.2 Å². The fourth-order valence-electron chi connectivity index (χ4n) is 3.78. The Labute approximate surface area is 154 Å². The van der Waals surface area contributed by atoms with Gasteiger partial charge in [-0.2, -0.15) is 0 Å². The van der Waals surface area contributed by atoms with Gasteiger partial charge >= 0.3 is 0 Å². The number of methoxy groups -OCH3 is 1. The zero-order valence-electron chi connectivity index (χ0n) is 15.2. The lowest BCUT2D eigenvalue weighted by atomic mass is 9.94. The second-order valence-electron chi connectivity index (χ2n) is 6.92. The molecule has 1 aliphatic rings. The first-order valence-corrected chi connectivity index (χ1v) is 9.14. The van der Waals surface area contributed by atoms with Crippen molar-refractivity contribution in [2.24, 2.45) is 0 Å². The summed E-state index contributed by atoms with van der Waals surface area (Å²) in [6.07, 6.45) is 2.07. The molecule has 1 unspecified atom stereocenters. The number of anilines is 1. The molecular formula is C23H23NO2. The molecule has 1 heterocycles. The lowest BCUT2D eigenvalue weighted by molar-refractivity contribution is -0.119. The highest BCUT2D eigenvalue weighted by Crippen LogP contribution is 2.31. The molecule has 0 aliphatic carbocycles. The maximum absolute atomic E-state index is 13.2. The van der Waals surface area contributed by atoms with E-state index in [1.54, 1.807) is 7.11 Å². The van der Waals surface area contributed by atoms with E-state index in [-0.39, 0.29) is 11.8 Å². The number of benzene rings is 3. The zero-order valence-corrected chi connectivity index (χ0v) is 15.2. The van der Waals surface area contributed by atoms with Crippen molar-refractivity contribution in [2.45, 2.75) is 25.7 Å². The number of fused-ring (bicyclic) bond motifs is 2. The Morgan fingerprint density at radius 3 is 2.65 bits per heavy atom. The molecule has 4 rings (SSSR count). The molecule has 3 heteroatoms. The van der Waals surface area contributed by atoms with Crippen LogP contribution in [0.2, 0.25) is 0 Å². The summed E-state index contributed by atoms with van der Waals surface area (Å²) in [6, 6.07) is 20.5. The number of para-hydroxylation sites is 1. The van der Waals surface area contributed by atoms with E-state index in [2.05, 4.69) is 30.3 Å². The molecular weight excluding hydrogens is 322 g/mol. The maximum Gasteiger partial charge on any atom is 0.234 e. The Bertz CT molecular complexity index is 963. The molecule has 1 aliphatic heterocycles. The lowest BCUT2D eigenvalue weighted by Gasteiger charge is -2.31. The van der Waals surface area contributed by atoms with Gasteiger partial charge in [0.05, 0.1) is 13.0 Å². The molecule has 0 radical (unpaired) electrons. The van der Waals surface area contributed by atoms with E-state index in [1.807, 2.05) is 42.2 Å². The van der Waals surface area contributed by atoms with Gasteiger partial charge in [0.2, 0.25) is 5.91 Å². The Kier molecular flexibility index (Phi) is 4.37. The topological polar surface area (TPSA) is 29.5 Å². The quantitative estimate of drug-likeness (QED) is 0.673. The van der Waals surface area contributed by atoms with E-state index in [0.717, 1.165) is 47.2 Å². The average molecular weight is 345 g/mol. The van der Waals surface area contributed by atoms with Crippen molar-refractivity contribution >= 4 is 22.4 Å². The van der Waals surface area contributed by atoms with E-state index in [0.29, 0.717) is 0 Å². The number of carbonyl (C=O) groups excluding carboxylic acids is 1. The van der Waals surface area contributed by atoms with E-state index >= 15 is 0 Å². The summed E-state index contributed by atoms with van der Waals surface area (Å²) in [5.41, 5.74) is 3.39. The number of aryl methyl sites for hydroxylation is 1. The third-order valence-electron chi connectivity index (χ3n) is 5.32. The van der Waals surface area contributed by atoms with Gasteiger partial charge in [-0.25, -0.2) is 0 Å². The molecule has 1 amide bonds. The van der Waals surface area contributed by atoms with Crippen LogP contribution in [0, 0.1) is 0 Å². The minimum Gasteiger partial charge on any atom is -0.497 e. The van der Waals surface area contributed by atoms with Crippen LogP contribution >= 0.6 is 0 Å². The number of ether oxygens (including phenoxy) is 1. The van der Waals surface area contributed by atoms with E-state index in [1.165, 1.54) is 5.56 Å². The molecule has 0 aromatic heterocycles. The van der Waals surface area contributed by atoms with Crippen LogP contribution in [0.3, 0.4) is 0 Å². The van der Waals surface area contributed by atoms with Gasteiger partial charge in [-0.05, 0) is 59.9 Å². The minimum atomic E-state index is -0.173. The molecule has 0 bridgehead atoms. The molecule has 26 heavy (non-hydrogen) atoms. The van der Waals surface area contributed by atoms with Crippen LogP contribution < -0.4 is 9.64 Å². The Morgan fingerprint density at radius 2 is 1.81 bits per heavy atom. The molecule has 1 atom stereocenters. The summed E-state index contributed by atoms with van der Waals surface area (Å²) in [6.45, 7) is 2.80. The Hall–Kier alpha value is -2.81. The SMILES string of the molecule is COc1ccc2cc(C(C)C(=O)N3CCCc4ccccc43)ccc2c1. The fraction of sp³-hybridized carbons (Fsp3) is 0.261. The third-order valence-corrected chi connectivity index (χ3v) is 5.32. The van der Waals surface area contributed by atoms with Crippen molar-refractivity contribution < 1.29 is 9.53 Å². The molecule has 0 fully saturated rings. The summed E-state index contributed by atoms with van der Waals surface area (Å²) in [5, 5.41) is 2.25. The summed E-state index contributed by atoms with van der Waals surface area (Å²) >= 11 is 0. The normalized spacial score (nSPS) is 14.8. The van der Waals surface area contributed by atoms with Crippen molar-refractivity contribution in [1.29, 1.82) is 0 Å². The van der Waals surface area contributed by atoms with Crippen LogP contribution in [-0.2, 0) is 11.2 Å². The monoisotopic (exact) mass is 345 g/mol. The summed E-state index contributed by atoms with van der Waals surface area (Å²) < 4.78 is 5.29. The minimum absolute atomic E-state index is 0.171. The standard InChI is InChI=1S/C23H23NO2/c1-16(18-9-10-20-15-21(26-2)12-11-19(20)14-18)23(25)24-13-5-7-17-6-3-4-8-22(17)24/h3-4,6,8-12,14-16H,5,7,13H2,1-2H3. The largest absolute Gasteiger partial charge is 0.497 e. The maximum atomic E-state index is 13.2. The van der Waals surface area contributed by atoms with Crippen molar-refractivity contribution in [3.63, 3.8) is 0 Å². The molecule has 132 valence electrons. The molecule has 3 nitrogen and oxygen atoms in total. The molecule has 3 aromatic rings. The number of hydrogen-bond acceptors (Lipinski definition) is 2. The van der Waals surface area contributed by atoms with Crippen LogP contribution in [0.4, 0.5) is 5.69 Å². The van der Waals surface area contributed by atoms with Gasteiger partial charge in [0.15, 0.2) is 0 Å². The molecule has 0 spiro atoms. The van der Waals surface area contributed by atoms with Crippen LogP contribution in [0.5, 0.6) is 5.75 Å². The molecule has 0 N–H and O–H groups in total. The van der Waals surface area contributed by atoms with Gasteiger partial charge in [-0.1, -0.05) is 42.5 Å². The zero-order chi connectivity index (χ0) is 18.1. The number of hydrogen-bond donors (Lipinski definition) is 0. The van der Waals surface area contributed by atoms with Gasteiger partial charge in [-0.15, -0.1) is 0 Å². The molecule has 3 aromatic carbocycles. The van der Waals surface area contributed by atoms with Gasteiger partial charge in [-0.3, -0.25) is 4.79 Å². The number of rotatable bonds is 3. The van der Waals surface area contributed by atoms with Crippen LogP contribution in [-0.4, -0.2) is 19.6 Å². The highest BCUT2D eigenvalue weighted by atomic mass is 16.5. The fourth-order valence-corrected chi connectivity index (χ4v) is 3.78. The van der Waals surface area contributed by atoms with E-state index < -0.39 is 0 Å². The predicted molar refractivity (Wildman–Crippen MR) is 106 cm³/mol. The van der Waals surface area contributed by atoms with Crippen molar-refractivity contribution in [2.75, 3.05) is 18.6 Å². The third kappa shape index (κ3) is 2.94. The first kappa shape index (κ1) is 16.6. The van der Waals surface area contributed by atoms with E-state index in [9.17, 15) is 4.79 Å². The van der Waals surface area contributed by atoms with Crippen LogP contribution in [0.15, 0.2) is 60.7 Å². The smallest absolute Gasteiger partial charge is 0.234 e. The Morgan fingerprint density at radius 1 is 1.04 bits per heavy atom.